The second kappa shape index (κ2) is 5.60. The maximum Gasteiger partial charge on any atom is 0.0718 e. The molecule has 0 aliphatic rings. The number of rotatable bonds is 4. The molecule has 0 saturated carbocycles. The molecule has 1 heterocycles. The van der Waals surface area contributed by atoms with Crippen molar-refractivity contribution in [2.24, 2.45) is 0 Å². The van der Waals surface area contributed by atoms with E-state index in [1.165, 1.54) is 19.2 Å². The summed E-state index contributed by atoms with van der Waals surface area (Å²) in [6.45, 7) is 1.35. The van der Waals surface area contributed by atoms with Gasteiger partial charge >= 0.3 is 0 Å². The number of hydrogen-bond acceptors (Lipinski definition) is 5. The largest absolute Gasteiger partial charge is 0.545 e. The molecule has 88 valence electrons. The van der Waals surface area contributed by atoms with Crippen molar-refractivity contribution in [3.05, 3.63) is 47.3 Å². The Hall–Kier alpha value is -2.43. The number of aliphatic carboxylic acids is 2. The molecule has 1 rings (SSSR count). The smallest absolute Gasteiger partial charge is 0.0718 e. The highest BCUT2D eigenvalue weighted by Gasteiger charge is 2.02. The number of carbonyl (C=O) groups is 2. The molecule has 0 radical (unpaired) electrons. The Bertz CT molecular complexity index is 488. The van der Waals surface area contributed by atoms with Gasteiger partial charge in [0, 0.05) is 18.0 Å². The van der Waals surface area contributed by atoms with E-state index in [1.807, 2.05) is 0 Å². The van der Waals surface area contributed by atoms with E-state index in [-0.39, 0.29) is 11.1 Å². The van der Waals surface area contributed by atoms with Gasteiger partial charge in [0.25, 0.3) is 0 Å². The molecule has 0 unspecified atom stereocenters. The van der Waals surface area contributed by atoms with Gasteiger partial charge in [0.15, 0.2) is 0 Å². The molecule has 17 heavy (non-hydrogen) atoms. The minimum absolute atomic E-state index is 0.0499. The third-order valence-electron chi connectivity index (χ3n) is 1.97. The van der Waals surface area contributed by atoms with Crippen LogP contribution in [0.15, 0.2) is 41.7 Å². The second-order valence-electron chi connectivity index (χ2n) is 3.28. The number of hydrogen-bond donors (Lipinski definition) is 0. The molecule has 5 nitrogen and oxygen atoms in total. The van der Waals surface area contributed by atoms with Gasteiger partial charge in [-0.1, -0.05) is 6.07 Å². The van der Waals surface area contributed by atoms with E-state index >= 15 is 0 Å². The van der Waals surface area contributed by atoms with E-state index < -0.39 is 11.9 Å². The fourth-order valence-electron chi connectivity index (χ4n) is 1.22. The maximum absolute atomic E-state index is 10.9. The number of carboxylic acid groups (broad SMARTS) is 2. The van der Waals surface area contributed by atoms with Gasteiger partial charge in [-0.15, -0.1) is 0 Å². The normalized spacial score (nSPS) is 12.3. The van der Waals surface area contributed by atoms with Crippen LogP contribution < -0.4 is 10.2 Å². The summed E-state index contributed by atoms with van der Waals surface area (Å²) in [5, 5.41) is 21.2. The van der Waals surface area contributed by atoms with Crippen LogP contribution in [0.2, 0.25) is 0 Å². The average molecular weight is 231 g/mol. The molecule has 0 spiro atoms. The topological polar surface area (TPSA) is 93.2 Å². The van der Waals surface area contributed by atoms with E-state index in [4.69, 9.17) is 0 Å². The lowest BCUT2D eigenvalue weighted by Crippen LogP contribution is -2.26. The molecule has 1 aromatic rings. The first kappa shape index (κ1) is 12.6. The van der Waals surface area contributed by atoms with Gasteiger partial charge in [-0.3, -0.25) is 4.98 Å². The van der Waals surface area contributed by atoms with E-state index in [2.05, 4.69) is 4.98 Å². The first-order valence-electron chi connectivity index (χ1n) is 4.73. The van der Waals surface area contributed by atoms with Crippen LogP contribution >= 0.6 is 0 Å². The molecule has 0 fully saturated rings. The van der Waals surface area contributed by atoms with Crippen LogP contribution in [0.3, 0.4) is 0 Å². The fourth-order valence-corrected chi connectivity index (χ4v) is 1.22. The summed E-state index contributed by atoms with van der Waals surface area (Å²) >= 11 is 0. The standard InChI is InChI=1S/C12H11NO4/c1-8(5-11(14)15)10(12(16)17)6-9-3-2-4-13-7-9/h2-7H,1H3,(H,14,15)(H,16,17)/p-2/b8-5-,10-6+. The summed E-state index contributed by atoms with van der Waals surface area (Å²) in [7, 11) is 0. The predicted octanol–water partition coefficient (Wildman–Crippen LogP) is -1.09. The highest BCUT2D eigenvalue weighted by molar-refractivity contribution is 5.97. The summed E-state index contributed by atoms with van der Waals surface area (Å²) in [5.74, 6) is -2.91. The highest BCUT2D eigenvalue weighted by atomic mass is 16.4. The molecule has 0 aliphatic carbocycles. The van der Waals surface area contributed by atoms with Crippen molar-refractivity contribution >= 4 is 18.0 Å². The average Bonchev–Trinajstić information content (AvgIpc) is 2.25. The minimum atomic E-state index is -1.46. The Morgan fingerprint density at radius 3 is 2.53 bits per heavy atom. The third kappa shape index (κ3) is 3.90. The zero-order valence-corrected chi connectivity index (χ0v) is 9.04. The molecule has 1 aromatic heterocycles. The monoisotopic (exact) mass is 231 g/mol. The van der Waals surface area contributed by atoms with Crippen molar-refractivity contribution in [2.75, 3.05) is 0 Å². The van der Waals surface area contributed by atoms with Gasteiger partial charge in [0.2, 0.25) is 0 Å². The molecular weight excluding hydrogens is 222 g/mol. The summed E-state index contributed by atoms with van der Waals surface area (Å²) in [6, 6.07) is 3.28. The molecule has 0 aromatic carbocycles. The van der Waals surface area contributed by atoms with Crippen molar-refractivity contribution in [1.82, 2.24) is 4.98 Å². The second-order valence-corrected chi connectivity index (χ2v) is 3.28. The molecule has 5 heteroatoms. The van der Waals surface area contributed by atoms with Gasteiger partial charge in [0.1, 0.15) is 0 Å². The van der Waals surface area contributed by atoms with Gasteiger partial charge in [-0.25, -0.2) is 0 Å². The molecule has 0 amide bonds. The first-order valence-corrected chi connectivity index (χ1v) is 4.73. The van der Waals surface area contributed by atoms with Crippen LogP contribution in [0.4, 0.5) is 0 Å². The van der Waals surface area contributed by atoms with E-state index in [9.17, 15) is 19.8 Å². The van der Waals surface area contributed by atoms with Crippen LogP contribution in [0, 0.1) is 0 Å². The van der Waals surface area contributed by atoms with Crippen LogP contribution in [-0.4, -0.2) is 16.9 Å². The van der Waals surface area contributed by atoms with Crippen molar-refractivity contribution in [3.63, 3.8) is 0 Å². The SMILES string of the molecule is CC(=C/C(=O)[O-])/C(=C\c1cccnc1)C(=O)[O-]. The maximum atomic E-state index is 10.9. The van der Waals surface area contributed by atoms with Gasteiger partial charge in [-0.05, 0) is 36.3 Å². The van der Waals surface area contributed by atoms with E-state index in [1.54, 1.807) is 18.3 Å². The van der Waals surface area contributed by atoms with E-state index in [0.29, 0.717) is 11.6 Å². The quantitative estimate of drug-likeness (QED) is 0.485. The summed E-state index contributed by atoms with van der Waals surface area (Å²) < 4.78 is 0. The lowest BCUT2D eigenvalue weighted by molar-refractivity contribution is -0.298. The summed E-state index contributed by atoms with van der Waals surface area (Å²) in [4.78, 5) is 25.0. The van der Waals surface area contributed by atoms with Gasteiger partial charge in [0.05, 0.1) is 11.9 Å². The Labute approximate surface area is 97.7 Å². The van der Waals surface area contributed by atoms with Crippen LogP contribution in [-0.2, 0) is 9.59 Å². The number of pyridine rings is 1. The lowest BCUT2D eigenvalue weighted by atomic mass is 10.0. The minimum Gasteiger partial charge on any atom is -0.545 e. The van der Waals surface area contributed by atoms with Crippen LogP contribution in [0.25, 0.3) is 6.08 Å². The molecule has 0 aliphatic heterocycles. The van der Waals surface area contributed by atoms with Crippen molar-refractivity contribution in [3.8, 4) is 0 Å². The summed E-state index contributed by atoms with van der Waals surface area (Å²) in [5.41, 5.74) is 0.369. The zero-order valence-electron chi connectivity index (χ0n) is 9.04. The van der Waals surface area contributed by atoms with Crippen molar-refractivity contribution < 1.29 is 19.8 Å². The van der Waals surface area contributed by atoms with Crippen molar-refractivity contribution in [2.45, 2.75) is 6.92 Å². The van der Waals surface area contributed by atoms with Crippen LogP contribution in [0.1, 0.15) is 12.5 Å². The first-order chi connectivity index (χ1) is 8.00. The summed E-state index contributed by atoms with van der Waals surface area (Å²) in [6.07, 6.45) is 4.99. The number of carbonyl (C=O) groups excluding carboxylic acids is 2. The van der Waals surface area contributed by atoms with Gasteiger partial charge in [-0.2, -0.15) is 0 Å². The lowest BCUT2D eigenvalue weighted by Gasteiger charge is -2.09. The Morgan fingerprint density at radius 2 is 2.06 bits per heavy atom. The molecule has 0 saturated heterocycles. The van der Waals surface area contributed by atoms with Crippen LogP contribution in [0.5, 0.6) is 0 Å². The number of aromatic nitrogens is 1. The van der Waals surface area contributed by atoms with E-state index in [0.717, 1.165) is 0 Å². The number of carboxylic acids is 2. The van der Waals surface area contributed by atoms with Gasteiger partial charge < -0.3 is 19.8 Å². The van der Waals surface area contributed by atoms with Crippen molar-refractivity contribution in [1.29, 1.82) is 0 Å². The molecule has 0 N–H and O–H groups in total. The Balaban J connectivity index is 3.15. The zero-order chi connectivity index (χ0) is 12.8. The fraction of sp³-hybridized carbons (Fsp3) is 0.0833. The highest BCUT2D eigenvalue weighted by Crippen LogP contribution is 2.13. The molecular formula is C12H9NO4-2. The molecule has 0 bridgehead atoms. The predicted molar refractivity (Wildman–Crippen MR) is 56.0 cm³/mol. The molecule has 0 atom stereocenters. The third-order valence-corrected chi connectivity index (χ3v) is 1.97. The Morgan fingerprint density at radius 1 is 1.35 bits per heavy atom. The Kier molecular flexibility index (Phi) is 4.16. The number of nitrogens with zero attached hydrogens (tertiary/aromatic N) is 1.